The van der Waals surface area contributed by atoms with E-state index in [1.807, 2.05) is 11.6 Å². The molecule has 5 heteroatoms. The molecule has 102 valence electrons. The summed E-state index contributed by atoms with van der Waals surface area (Å²) in [5.74, 6) is 0.961. The van der Waals surface area contributed by atoms with Crippen molar-refractivity contribution in [2.75, 3.05) is 18.2 Å². The van der Waals surface area contributed by atoms with E-state index in [4.69, 9.17) is 10.5 Å². The van der Waals surface area contributed by atoms with E-state index in [2.05, 4.69) is 17.3 Å². The van der Waals surface area contributed by atoms with Crippen molar-refractivity contribution >= 4 is 11.5 Å². The Bertz CT molecular complexity index is 402. The molecular weight excluding hydrogens is 228 g/mol. The predicted molar refractivity (Wildman–Crippen MR) is 73.7 cm³/mol. The van der Waals surface area contributed by atoms with E-state index in [9.17, 15) is 0 Å². The number of nitrogens with one attached hydrogen (secondary N) is 1. The van der Waals surface area contributed by atoms with Crippen molar-refractivity contribution in [3.05, 3.63) is 5.69 Å². The monoisotopic (exact) mass is 252 g/mol. The summed E-state index contributed by atoms with van der Waals surface area (Å²) in [5, 5.41) is 8.02. The van der Waals surface area contributed by atoms with Crippen LogP contribution >= 0.6 is 0 Å². The van der Waals surface area contributed by atoms with Crippen LogP contribution < -0.4 is 11.1 Å². The first-order chi connectivity index (χ1) is 8.67. The maximum absolute atomic E-state index is 6.11. The first-order valence-electron chi connectivity index (χ1n) is 6.79. The van der Waals surface area contributed by atoms with Crippen molar-refractivity contribution in [2.24, 2.45) is 0 Å². The van der Waals surface area contributed by atoms with Crippen LogP contribution in [0.2, 0.25) is 0 Å². The van der Waals surface area contributed by atoms with Gasteiger partial charge < -0.3 is 15.8 Å². The van der Waals surface area contributed by atoms with Crippen molar-refractivity contribution in [3.63, 3.8) is 0 Å². The molecule has 0 aromatic carbocycles. The molecule has 3 N–H and O–H groups in total. The molecule has 0 amide bonds. The maximum atomic E-state index is 6.11. The summed E-state index contributed by atoms with van der Waals surface area (Å²) in [4.78, 5) is 0. The van der Waals surface area contributed by atoms with E-state index in [1.165, 1.54) is 6.42 Å². The van der Waals surface area contributed by atoms with Crippen LogP contribution in [0.1, 0.15) is 38.3 Å². The van der Waals surface area contributed by atoms with Gasteiger partial charge >= 0.3 is 0 Å². The fourth-order valence-corrected chi connectivity index (χ4v) is 2.67. The van der Waals surface area contributed by atoms with E-state index in [0.717, 1.165) is 43.0 Å². The van der Waals surface area contributed by atoms with E-state index < -0.39 is 0 Å². The largest absolute Gasteiger partial charge is 0.394 e. The maximum Gasteiger partial charge on any atom is 0.148 e. The van der Waals surface area contributed by atoms with E-state index in [0.29, 0.717) is 6.04 Å². The number of nitrogen functional groups attached to an aromatic ring is 1. The zero-order chi connectivity index (χ0) is 13.1. The lowest BCUT2D eigenvalue weighted by Gasteiger charge is -2.21. The lowest BCUT2D eigenvalue weighted by atomic mass is 10.2. The van der Waals surface area contributed by atoms with E-state index in [-0.39, 0.29) is 6.10 Å². The number of anilines is 2. The summed E-state index contributed by atoms with van der Waals surface area (Å²) < 4.78 is 7.49. The van der Waals surface area contributed by atoms with Crippen molar-refractivity contribution in [3.8, 4) is 0 Å². The molecule has 0 radical (unpaired) electrons. The number of rotatable bonds is 5. The molecule has 0 aliphatic heterocycles. The van der Waals surface area contributed by atoms with E-state index in [1.54, 1.807) is 7.11 Å². The zero-order valence-electron chi connectivity index (χ0n) is 11.6. The minimum atomic E-state index is 0.287. The minimum absolute atomic E-state index is 0.287. The normalized spacial score (nSPS) is 23.5. The molecule has 18 heavy (non-hydrogen) atoms. The van der Waals surface area contributed by atoms with Gasteiger partial charge in [0.1, 0.15) is 5.82 Å². The number of hydrogen-bond donors (Lipinski definition) is 2. The van der Waals surface area contributed by atoms with Crippen molar-refractivity contribution in [1.82, 2.24) is 9.78 Å². The van der Waals surface area contributed by atoms with Crippen LogP contribution in [0.3, 0.4) is 0 Å². The molecule has 5 nitrogen and oxygen atoms in total. The minimum Gasteiger partial charge on any atom is -0.394 e. The summed E-state index contributed by atoms with van der Waals surface area (Å²) in [6.07, 6.45) is 4.79. The predicted octanol–water partition coefficient (Wildman–Crippen LogP) is 2.16. The summed E-state index contributed by atoms with van der Waals surface area (Å²) in [6, 6.07) is 0.351. The standard InChI is InChI=1S/C13H24N4O/c1-4-8-17-13(12(14)9(2)16-17)15-10-6-5-7-11(10)18-3/h10-11,15H,4-8,14H2,1-3H3. The van der Waals surface area contributed by atoms with Gasteiger partial charge in [-0.3, -0.25) is 0 Å². The van der Waals surface area contributed by atoms with Crippen LogP contribution in [-0.4, -0.2) is 29.0 Å². The quantitative estimate of drug-likeness (QED) is 0.843. The Morgan fingerprint density at radius 1 is 1.50 bits per heavy atom. The third-order valence-electron chi connectivity index (χ3n) is 3.69. The first-order valence-corrected chi connectivity index (χ1v) is 6.79. The van der Waals surface area contributed by atoms with Gasteiger partial charge in [0, 0.05) is 13.7 Å². The van der Waals surface area contributed by atoms with Crippen LogP contribution in [0, 0.1) is 6.92 Å². The second-order valence-electron chi connectivity index (χ2n) is 5.03. The average Bonchev–Trinajstić information content (AvgIpc) is 2.90. The summed E-state index contributed by atoms with van der Waals surface area (Å²) in [6.45, 7) is 4.99. The fourth-order valence-electron chi connectivity index (χ4n) is 2.67. The molecule has 2 unspecified atom stereocenters. The molecule has 0 bridgehead atoms. The summed E-state index contributed by atoms with van der Waals surface area (Å²) in [5.41, 5.74) is 7.78. The molecule has 0 saturated heterocycles. The summed E-state index contributed by atoms with van der Waals surface area (Å²) >= 11 is 0. The van der Waals surface area contributed by atoms with Crippen LogP contribution in [0.25, 0.3) is 0 Å². The van der Waals surface area contributed by atoms with Crippen molar-refractivity contribution < 1.29 is 4.74 Å². The van der Waals surface area contributed by atoms with Gasteiger partial charge in [-0.25, -0.2) is 4.68 Å². The molecule has 1 aromatic heterocycles. The van der Waals surface area contributed by atoms with Gasteiger partial charge in [0.15, 0.2) is 0 Å². The van der Waals surface area contributed by atoms with Gasteiger partial charge in [0.2, 0.25) is 0 Å². The van der Waals surface area contributed by atoms with E-state index >= 15 is 0 Å². The SMILES string of the molecule is CCCn1nc(C)c(N)c1NC1CCCC1OC. The van der Waals surface area contributed by atoms with Gasteiger partial charge in [0.05, 0.1) is 23.5 Å². The lowest BCUT2D eigenvalue weighted by Crippen LogP contribution is -2.31. The van der Waals surface area contributed by atoms with Crippen LogP contribution in [0.15, 0.2) is 0 Å². The van der Waals surface area contributed by atoms with Gasteiger partial charge in [-0.2, -0.15) is 5.10 Å². The molecule has 0 spiro atoms. The Labute approximate surface area is 109 Å². The van der Waals surface area contributed by atoms with Crippen LogP contribution in [0.5, 0.6) is 0 Å². The highest BCUT2D eigenvalue weighted by molar-refractivity contribution is 5.65. The molecule has 1 heterocycles. The molecule has 1 fully saturated rings. The number of methoxy groups -OCH3 is 1. The number of nitrogens with two attached hydrogens (primary N) is 1. The number of aryl methyl sites for hydroxylation is 2. The Hall–Kier alpha value is -1.23. The molecular formula is C13H24N4O. The molecule has 2 rings (SSSR count). The van der Waals surface area contributed by atoms with Crippen LogP contribution in [-0.2, 0) is 11.3 Å². The molecule has 1 aliphatic carbocycles. The second kappa shape index (κ2) is 5.61. The molecule has 1 saturated carbocycles. The number of aromatic nitrogens is 2. The topological polar surface area (TPSA) is 65.1 Å². The fraction of sp³-hybridized carbons (Fsp3) is 0.769. The smallest absolute Gasteiger partial charge is 0.148 e. The molecule has 1 aliphatic rings. The number of hydrogen-bond acceptors (Lipinski definition) is 4. The second-order valence-corrected chi connectivity index (χ2v) is 5.03. The number of nitrogens with zero attached hydrogens (tertiary/aromatic N) is 2. The zero-order valence-corrected chi connectivity index (χ0v) is 11.6. The third-order valence-corrected chi connectivity index (χ3v) is 3.69. The van der Waals surface area contributed by atoms with Gasteiger partial charge in [-0.05, 0) is 32.6 Å². The molecule has 2 atom stereocenters. The van der Waals surface area contributed by atoms with Gasteiger partial charge in [-0.1, -0.05) is 6.92 Å². The van der Waals surface area contributed by atoms with Crippen molar-refractivity contribution in [2.45, 2.75) is 58.2 Å². The summed E-state index contributed by atoms with van der Waals surface area (Å²) in [7, 11) is 1.78. The van der Waals surface area contributed by atoms with Gasteiger partial charge in [-0.15, -0.1) is 0 Å². The highest BCUT2D eigenvalue weighted by atomic mass is 16.5. The Balaban J connectivity index is 2.17. The van der Waals surface area contributed by atoms with Gasteiger partial charge in [0.25, 0.3) is 0 Å². The molecule has 1 aromatic rings. The highest BCUT2D eigenvalue weighted by Gasteiger charge is 2.28. The Morgan fingerprint density at radius 3 is 2.94 bits per heavy atom. The average molecular weight is 252 g/mol. The highest BCUT2D eigenvalue weighted by Crippen LogP contribution is 2.29. The Morgan fingerprint density at radius 2 is 2.28 bits per heavy atom. The third kappa shape index (κ3) is 2.46. The first kappa shape index (κ1) is 13.2. The lowest BCUT2D eigenvalue weighted by molar-refractivity contribution is 0.101. The van der Waals surface area contributed by atoms with Crippen LogP contribution in [0.4, 0.5) is 11.5 Å². The number of ether oxygens (including phenoxy) is 1. The Kier molecular flexibility index (Phi) is 4.11. The van der Waals surface area contributed by atoms with Crippen molar-refractivity contribution in [1.29, 1.82) is 0 Å².